The van der Waals surface area contributed by atoms with E-state index in [2.05, 4.69) is 52.8 Å². The Labute approximate surface area is 93.7 Å². The van der Waals surface area contributed by atoms with Crippen molar-refractivity contribution in [2.45, 2.75) is 46.0 Å². The van der Waals surface area contributed by atoms with Gasteiger partial charge in [0.05, 0.1) is 0 Å². The third-order valence-electron chi connectivity index (χ3n) is 3.02. The van der Waals surface area contributed by atoms with Gasteiger partial charge in [0.15, 0.2) is 0 Å². The number of nitrogens with two attached hydrogens (primary N) is 1. The van der Waals surface area contributed by atoms with Crippen molar-refractivity contribution in [1.82, 2.24) is 0 Å². The van der Waals surface area contributed by atoms with Gasteiger partial charge in [0.2, 0.25) is 0 Å². The van der Waals surface area contributed by atoms with Gasteiger partial charge in [-0.1, -0.05) is 45.9 Å². The van der Waals surface area contributed by atoms with E-state index in [-0.39, 0.29) is 5.41 Å². The standard InChI is InChI=1S/C14H23N/c1-10-8-12(14(3,4)5)6-7-13(10)11(2)9-15/h6-8,11H,9,15H2,1-5H3. The molecule has 0 aliphatic carbocycles. The molecule has 0 saturated heterocycles. The Bertz CT molecular complexity index is 334. The molecule has 0 amide bonds. The van der Waals surface area contributed by atoms with Crippen LogP contribution in [0.3, 0.4) is 0 Å². The van der Waals surface area contributed by atoms with Crippen LogP contribution >= 0.6 is 0 Å². The van der Waals surface area contributed by atoms with E-state index in [1.807, 2.05) is 0 Å². The van der Waals surface area contributed by atoms with E-state index in [1.165, 1.54) is 16.7 Å². The van der Waals surface area contributed by atoms with Crippen molar-refractivity contribution in [3.8, 4) is 0 Å². The van der Waals surface area contributed by atoms with Crippen LogP contribution in [0.2, 0.25) is 0 Å². The third-order valence-corrected chi connectivity index (χ3v) is 3.02. The monoisotopic (exact) mass is 205 g/mol. The van der Waals surface area contributed by atoms with Crippen LogP contribution in [0.5, 0.6) is 0 Å². The maximum atomic E-state index is 5.70. The Morgan fingerprint density at radius 2 is 1.87 bits per heavy atom. The summed E-state index contributed by atoms with van der Waals surface area (Å²) in [6.07, 6.45) is 0. The van der Waals surface area contributed by atoms with Crippen LogP contribution in [0.1, 0.15) is 50.3 Å². The summed E-state index contributed by atoms with van der Waals surface area (Å²) < 4.78 is 0. The van der Waals surface area contributed by atoms with E-state index in [0.717, 1.165) is 6.54 Å². The molecule has 1 nitrogen and oxygen atoms in total. The molecule has 0 heterocycles. The Hall–Kier alpha value is -0.820. The van der Waals surface area contributed by atoms with Crippen LogP contribution in [0.15, 0.2) is 18.2 Å². The second-order valence-corrected chi connectivity index (χ2v) is 5.46. The van der Waals surface area contributed by atoms with Gasteiger partial charge in [-0.3, -0.25) is 0 Å². The maximum Gasteiger partial charge on any atom is -0.00108 e. The highest BCUT2D eigenvalue weighted by Gasteiger charge is 2.15. The average molecular weight is 205 g/mol. The summed E-state index contributed by atoms with van der Waals surface area (Å²) in [4.78, 5) is 0. The minimum atomic E-state index is 0.231. The van der Waals surface area contributed by atoms with Gasteiger partial charge in [-0.15, -0.1) is 0 Å². The molecule has 0 saturated carbocycles. The van der Waals surface area contributed by atoms with Crippen molar-refractivity contribution in [3.63, 3.8) is 0 Å². The van der Waals surface area contributed by atoms with E-state index in [0.29, 0.717) is 5.92 Å². The molecule has 2 N–H and O–H groups in total. The normalized spacial score (nSPS) is 14.0. The van der Waals surface area contributed by atoms with Gasteiger partial charge in [0, 0.05) is 0 Å². The fraction of sp³-hybridized carbons (Fsp3) is 0.571. The molecule has 0 aliphatic rings. The van der Waals surface area contributed by atoms with Crippen molar-refractivity contribution in [1.29, 1.82) is 0 Å². The van der Waals surface area contributed by atoms with E-state index in [4.69, 9.17) is 5.73 Å². The zero-order valence-electron chi connectivity index (χ0n) is 10.6. The molecule has 0 spiro atoms. The van der Waals surface area contributed by atoms with Crippen molar-refractivity contribution in [2.75, 3.05) is 6.54 Å². The van der Waals surface area contributed by atoms with Crippen LogP contribution in [0, 0.1) is 6.92 Å². The first kappa shape index (κ1) is 12.3. The number of hydrogen-bond acceptors (Lipinski definition) is 1. The lowest BCUT2D eigenvalue weighted by atomic mass is 9.84. The lowest BCUT2D eigenvalue weighted by Gasteiger charge is -2.22. The van der Waals surface area contributed by atoms with Crippen LogP contribution in [-0.2, 0) is 5.41 Å². The first-order valence-electron chi connectivity index (χ1n) is 5.67. The van der Waals surface area contributed by atoms with E-state index < -0.39 is 0 Å². The Morgan fingerprint density at radius 1 is 1.27 bits per heavy atom. The highest BCUT2D eigenvalue weighted by molar-refractivity contribution is 5.36. The minimum absolute atomic E-state index is 0.231. The molecule has 1 atom stereocenters. The van der Waals surface area contributed by atoms with E-state index >= 15 is 0 Å². The van der Waals surface area contributed by atoms with Gasteiger partial charge in [0.1, 0.15) is 0 Å². The fourth-order valence-corrected chi connectivity index (χ4v) is 1.82. The summed E-state index contributed by atoms with van der Waals surface area (Å²) in [5, 5.41) is 0. The minimum Gasteiger partial charge on any atom is -0.330 e. The van der Waals surface area contributed by atoms with E-state index in [9.17, 15) is 0 Å². The lowest BCUT2D eigenvalue weighted by Crippen LogP contribution is -2.14. The average Bonchev–Trinajstić information content (AvgIpc) is 2.15. The predicted molar refractivity (Wildman–Crippen MR) is 67.3 cm³/mol. The lowest BCUT2D eigenvalue weighted by molar-refractivity contribution is 0.588. The van der Waals surface area contributed by atoms with Gasteiger partial charge < -0.3 is 5.73 Å². The topological polar surface area (TPSA) is 26.0 Å². The second-order valence-electron chi connectivity index (χ2n) is 5.46. The molecule has 84 valence electrons. The maximum absolute atomic E-state index is 5.70. The largest absolute Gasteiger partial charge is 0.330 e. The molecule has 0 bridgehead atoms. The molecule has 1 aromatic rings. The van der Waals surface area contributed by atoms with Crippen molar-refractivity contribution in [3.05, 3.63) is 34.9 Å². The summed E-state index contributed by atoms with van der Waals surface area (Å²) in [6.45, 7) is 11.8. The number of aryl methyl sites for hydroxylation is 1. The molecule has 0 aliphatic heterocycles. The molecular formula is C14H23N. The summed E-state index contributed by atoms with van der Waals surface area (Å²) in [7, 11) is 0. The van der Waals surface area contributed by atoms with Crippen molar-refractivity contribution >= 4 is 0 Å². The highest BCUT2D eigenvalue weighted by Crippen LogP contribution is 2.26. The molecule has 1 heteroatoms. The van der Waals surface area contributed by atoms with Crippen LogP contribution in [0.25, 0.3) is 0 Å². The number of rotatable bonds is 2. The van der Waals surface area contributed by atoms with Crippen molar-refractivity contribution in [2.24, 2.45) is 5.73 Å². The van der Waals surface area contributed by atoms with Crippen LogP contribution in [-0.4, -0.2) is 6.54 Å². The molecule has 1 aromatic carbocycles. The molecule has 0 radical (unpaired) electrons. The van der Waals surface area contributed by atoms with Crippen LogP contribution < -0.4 is 5.73 Å². The Kier molecular flexibility index (Phi) is 3.56. The highest BCUT2D eigenvalue weighted by atomic mass is 14.5. The third kappa shape index (κ3) is 2.82. The van der Waals surface area contributed by atoms with Crippen LogP contribution in [0.4, 0.5) is 0 Å². The SMILES string of the molecule is Cc1cc(C(C)(C)C)ccc1C(C)CN. The number of benzene rings is 1. The summed E-state index contributed by atoms with van der Waals surface area (Å²) >= 11 is 0. The quantitative estimate of drug-likeness (QED) is 0.787. The Balaban J connectivity index is 3.09. The van der Waals surface area contributed by atoms with E-state index in [1.54, 1.807) is 0 Å². The summed E-state index contributed by atoms with van der Waals surface area (Å²) in [6, 6.07) is 6.75. The first-order valence-corrected chi connectivity index (χ1v) is 5.67. The molecule has 1 rings (SSSR count). The number of hydrogen-bond donors (Lipinski definition) is 1. The zero-order valence-corrected chi connectivity index (χ0v) is 10.6. The summed E-state index contributed by atoms with van der Waals surface area (Å²) in [5.41, 5.74) is 10.1. The van der Waals surface area contributed by atoms with Gasteiger partial charge in [0.25, 0.3) is 0 Å². The van der Waals surface area contributed by atoms with Gasteiger partial charge in [-0.25, -0.2) is 0 Å². The van der Waals surface area contributed by atoms with Crippen molar-refractivity contribution < 1.29 is 0 Å². The van der Waals surface area contributed by atoms with Gasteiger partial charge >= 0.3 is 0 Å². The summed E-state index contributed by atoms with van der Waals surface area (Å²) in [5.74, 6) is 0.457. The van der Waals surface area contributed by atoms with Gasteiger partial charge in [-0.05, 0) is 41.5 Å². The van der Waals surface area contributed by atoms with Gasteiger partial charge in [-0.2, -0.15) is 0 Å². The molecule has 1 unspecified atom stereocenters. The fourth-order valence-electron chi connectivity index (χ4n) is 1.82. The zero-order chi connectivity index (χ0) is 11.6. The first-order chi connectivity index (χ1) is 6.86. The molecule has 0 fully saturated rings. The molecule has 15 heavy (non-hydrogen) atoms. The Morgan fingerprint density at radius 3 is 2.27 bits per heavy atom. The smallest absolute Gasteiger partial charge is 0.00108 e. The predicted octanol–water partition coefficient (Wildman–Crippen LogP) is 3.35. The second kappa shape index (κ2) is 4.36. The molecule has 0 aromatic heterocycles. The molecular weight excluding hydrogens is 182 g/mol.